The Kier molecular flexibility index (Phi) is 4.47. The Morgan fingerprint density at radius 3 is 3.00 bits per heavy atom. The van der Waals surface area contributed by atoms with Gasteiger partial charge in [-0.3, -0.25) is 4.98 Å². The van der Waals surface area contributed by atoms with E-state index in [1.165, 1.54) is 5.56 Å². The number of rotatable bonds is 5. The molecule has 1 rings (SSSR count). The van der Waals surface area contributed by atoms with E-state index in [-0.39, 0.29) is 0 Å². The third-order valence-corrected chi connectivity index (χ3v) is 2.05. The molecule has 0 aliphatic heterocycles. The lowest BCUT2D eigenvalue weighted by Crippen LogP contribution is -2.21. The highest BCUT2D eigenvalue weighted by Gasteiger charge is 2.01. The van der Waals surface area contributed by atoms with Crippen molar-refractivity contribution in [1.29, 1.82) is 0 Å². The molecule has 0 aliphatic carbocycles. The minimum Gasteiger partial charge on any atom is -0.317 e. The summed E-state index contributed by atoms with van der Waals surface area (Å²) in [7, 11) is 0. The quantitative estimate of drug-likeness (QED) is 0.744. The fourth-order valence-corrected chi connectivity index (χ4v) is 1.38. The van der Waals surface area contributed by atoms with Gasteiger partial charge in [0.2, 0.25) is 0 Å². The molecule has 1 heterocycles. The van der Waals surface area contributed by atoms with E-state index < -0.39 is 0 Å². The Balaban J connectivity index is 2.32. The first-order valence-electron chi connectivity index (χ1n) is 4.92. The van der Waals surface area contributed by atoms with Crippen LogP contribution in [0.3, 0.4) is 0 Å². The van der Waals surface area contributed by atoms with Gasteiger partial charge in [0.15, 0.2) is 0 Å². The van der Waals surface area contributed by atoms with E-state index in [0.29, 0.717) is 5.92 Å². The molecule has 0 aliphatic rings. The number of hydrogen-bond donors (Lipinski definition) is 1. The summed E-state index contributed by atoms with van der Waals surface area (Å²) in [6.45, 7) is 6.54. The van der Waals surface area contributed by atoms with Gasteiger partial charge in [0, 0.05) is 12.4 Å². The predicted octanol–water partition coefficient (Wildman–Crippen LogP) is 1.87. The summed E-state index contributed by atoms with van der Waals surface area (Å²) < 4.78 is 0. The van der Waals surface area contributed by atoms with Crippen LogP contribution < -0.4 is 5.32 Å². The van der Waals surface area contributed by atoms with Gasteiger partial charge >= 0.3 is 0 Å². The number of nitrogens with zero attached hydrogens (tertiary/aromatic N) is 1. The lowest BCUT2D eigenvalue weighted by Gasteiger charge is -2.10. The molecule has 1 aromatic heterocycles. The second-order valence-corrected chi connectivity index (χ2v) is 3.48. The smallest absolute Gasteiger partial charge is 0.0299 e. The van der Waals surface area contributed by atoms with Crippen LogP contribution in [0, 0.1) is 5.92 Å². The minimum absolute atomic E-state index is 0.684. The Morgan fingerprint density at radius 1 is 1.54 bits per heavy atom. The third kappa shape index (κ3) is 4.04. The average molecular weight is 178 g/mol. The molecule has 2 nitrogen and oxygen atoms in total. The van der Waals surface area contributed by atoms with Gasteiger partial charge in [0.25, 0.3) is 0 Å². The van der Waals surface area contributed by atoms with Crippen LogP contribution in [-0.4, -0.2) is 18.1 Å². The third-order valence-electron chi connectivity index (χ3n) is 2.05. The second kappa shape index (κ2) is 5.70. The Bertz CT molecular complexity index is 221. The number of hydrogen-bond acceptors (Lipinski definition) is 2. The van der Waals surface area contributed by atoms with Gasteiger partial charge in [-0.15, -0.1) is 0 Å². The summed E-state index contributed by atoms with van der Waals surface area (Å²) in [6, 6.07) is 4.13. The summed E-state index contributed by atoms with van der Waals surface area (Å²) in [5, 5.41) is 3.35. The molecule has 0 saturated heterocycles. The van der Waals surface area contributed by atoms with Crippen LogP contribution >= 0.6 is 0 Å². The normalized spacial score (nSPS) is 12.8. The molecule has 72 valence electrons. The van der Waals surface area contributed by atoms with E-state index in [9.17, 15) is 0 Å². The van der Waals surface area contributed by atoms with Gasteiger partial charge in [-0.05, 0) is 37.1 Å². The molecule has 1 N–H and O–H groups in total. The van der Waals surface area contributed by atoms with E-state index in [4.69, 9.17) is 0 Å². The van der Waals surface area contributed by atoms with Crippen LogP contribution in [0.2, 0.25) is 0 Å². The molecule has 0 fully saturated rings. The molecular formula is C11H18N2. The maximum Gasteiger partial charge on any atom is 0.0299 e. The largest absolute Gasteiger partial charge is 0.317 e. The minimum atomic E-state index is 0.684. The van der Waals surface area contributed by atoms with E-state index in [0.717, 1.165) is 19.5 Å². The molecule has 1 unspecified atom stereocenters. The van der Waals surface area contributed by atoms with Crippen molar-refractivity contribution < 1.29 is 0 Å². The molecule has 0 saturated carbocycles. The van der Waals surface area contributed by atoms with Crippen LogP contribution in [0.1, 0.15) is 19.4 Å². The van der Waals surface area contributed by atoms with Crippen LogP contribution in [0.4, 0.5) is 0 Å². The molecule has 0 bridgehead atoms. The summed E-state index contributed by atoms with van der Waals surface area (Å²) in [6.07, 6.45) is 4.88. The van der Waals surface area contributed by atoms with Crippen LogP contribution in [-0.2, 0) is 6.42 Å². The van der Waals surface area contributed by atoms with Crippen molar-refractivity contribution in [3.8, 4) is 0 Å². The SMILES string of the molecule is CCNCC(C)Cc1cccnc1. The summed E-state index contributed by atoms with van der Waals surface area (Å²) in [4.78, 5) is 4.10. The molecule has 0 aromatic carbocycles. The maximum atomic E-state index is 4.10. The van der Waals surface area contributed by atoms with E-state index in [1.807, 2.05) is 18.5 Å². The number of pyridine rings is 1. The Morgan fingerprint density at radius 2 is 2.38 bits per heavy atom. The fourth-order valence-electron chi connectivity index (χ4n) is 1.38. The first-order chi connectivity index (χ1) is 6.33. The van der Waals surface area contributed by atoms with Crippen molar-refractivity contribution in [2.24, 2.45) is 5.92 Å². The molecule has 0 spiro atoms. The zero-order valence-corrected chi connectivity index (χ0v) is 8.46. The molecule has 2 heteroatoms. The molecule has 1 atom stereocenters. The molecular weight excluding hydrogens is 160 g/mol. The highest BCUT2D eigenvalue weighted by molar-refractivity contribution is 5.08. The monoisotopic (exact) mass is 178 g/mol. The lowest BCUT2D eigenvalue weighted by atomic mass is 10.0. The Labute approximate surface area is 80.4 Å². The zero-order chi connectivity index (χ0) is 9.52. The zero-order valence-electron chi connectivity index (χ0n) is 8.46. The van der Waals surface area contributed by atoms with Gasteiger partial charge in [-0.2, -0.15) is 0 Å². The van der Waals surface area contributed by atoms with Gasteiger partial charge in [0.1, 0.15) is 0 Å². The summed E-state index contributed by atoms with van der Waals surface area (Å²) >= 11 is 0. The summed E-state index contributed by atoms with van der Waals surface area (Å²) in [5.41, 5.74) is 1.33. The van der Waals surface area contributed by atoms with Crippen molar-refractivity contribution in [2.75, 3.05) is 13.1 Å². The van der Waals surface area contributed by atoms with Crippen LogP contribution in [0.15, 0.2) is 24.5 Å². The highest BCUT2D eigenvalue weighted by atomic mass is 14.8. The lowest BCUT2D eigenvalue weighted by molar-refractivity contribution is 0.521. The molecule has 1 aromatic rings. The molecule has 0 radical (unpaired) electrons. The topological polar surface area (TPSA) is 24.9 Å². The van der Waals surface area contributed by atoms with E-state index in [1.54, 1.807) is 0 Å². The first-order valence-corrected chi connectivity index (χ1v) is 4.92. The standard InChI is InChI=1S/C11H18N2/c1-3-12-8-10(2)7-11-5-4-6-13-9-11/h4-6,9-10,12H,3,7-8H2,1-2H3. The van der Waals surface area contributed by atoms with Crippen molar-refractivity contribution in [3.63, 3.8) is 0 Å². The van der Waals surface area contributed by atoms with E-state index >= 15 is 0 Å². The molecule has 0 amide bonds. The van der Waals surface area contributed by atoms with Crippen molar-refractivity contribution in [2.45, 2.75) is 20.3 Å². The highest BCUT2D eigenvalue weighted by Crippen LogP contribution is 2.05. The first kappa shape index (κ1) is 10.2. The van der Waals surface area contributed by atoms with Gasteiger partial charge in [-0.25, -0.2) is 0 Å². The maximum absolute atomic E-state index is 4.10. The van der Waals surface area contributed by atoms with Crippen LogP contribution in [0.5, 0.6) is 0 Å². The second-order valence-electron chi connectivity index (χ2n) is 3.48. The van der Waals surface area contributed by atoms with Gasteiger partial charge in [-0.1, -0.05) is 19.9 Å². The number of nitrogens with one attached hydrogen (secondary N) is 1. The Hall–Kier alpha value is -0.890. The fraction of sp³-hybridized carbons (Fsp3) is 0.545. The average Bonchev–Trinajstić information content (AvgIpc) is 2.16. The van der Waals surface area contributed by atoms with Crippen LogP contribution in [0.25, 0.3) is 0 Å². The molecule has 13 heavy (non-hydrogen) atoms. The number of aromatic nitrogens is 1. The summed E-state index contributed by atoms with van der Waals surface area (Å²) in [5.74, 6) is 0.684. The van der Waals surface area contributed by atoms with Crippen molar-refractivity contribution >= 4 is 0 Å². The van der Waals surface area contributed by atoms with E-state index in [2.05, 4.69) is 30.2 Å². The van der Waals surface area contributed by atoms with Gasteiger partial charge < -0.3 is 5.32 Å². The van der Waals surface area contributed by atoms with Crippen molar-refractivity contribution in [3.05, 3.63) is 30.1 Å². The van der Waals surface area contributed by atoms with Crippen molar-refractivity contribution in [1.82, 2.24) is 10.3 Å². The predicted molar refractivity (Wildman–Crippen MR) is 55.6 cm³/mol. The van der Waals surface area contributed by atoms with Gasteiger partial charge in [0.05, 0.1) is 0 Å².